The Morgan fingerprint density at radius 2 is 1.83 bits per heavy atom. The fourth-order valence-corrected chi connectivity index (χ4v) is 2.76. The number of rotatable bonds is 4. The number of nitrogens with zero attached hydrogens (tertiary/aromatic N) is 1. The van der Waals surface area contributed by atoms with Gasteiger partial charge in [0.15, 0.2) is 0 Å². The number of hydrogen-bond acceptors (Lipinski definition) is 4. The van der Waals surface area contributed by atoms with Crippen LogP contribution in [0.2, 0.25) is 0 Å². The molecule has 0 bridgehead atoms. The Morgan fingerprint density at radius 1 is 1.12 bits per heavy atom. The molecule has 0 fully saturated rings. The van der Waals surface area contributed by atoms with E-state index in [0.717, 1.165) is 5.56 Å². The van der Waals surface area contributed by atoms with Gasteiger partial charge in [0.2, 0.25) is 12.0 Å². The second-order valence-corrected chi connectivity index (χ2v) is 5.59. The molecule has 5 nitrogen and oxygen atoms in total. The van der Waals surface area contributed by atoms with Crippen molar-refractivity contribution in [3.05, 3.63) is 60.2 Å². The molecule has 0 saturated heterocycles. The normalized spacial score (nSPS) is 16.0. The molecule has 0 unspecified atom stereocenters. The second-order valence-electron chi connectivity index (χ2n) is 5.59. The van der Waals surface area contributed by atoms with Crippen LogP contribution in [0.25, 0.3) is 0 Å². The standard InChI is InChI=1S/C19H19NO4/c1-23-19(22)17-13-20(15-9-5-6-10-16(15)24-17)18(21)12-11-14-7-3-2-4-8-14/h2-10,17H,11-13H2,1H3/t17-/m1/s1. The molecule has 124 valence electrons. The molecule has 1 atom stereocenters. The summed E-state index contributed by atoms with van der Waals surface area (Å²) in [7, 11) is 1.31. The van der Waals surface area contributed by atoms with Gasteiger partial charge in [-0.2, -0.15) is 0 Å². The highest BCUT2D eigenvalue weighted by Crippen LogP contribution is 2.33. The minimum atomic E-state index is -0.800. The number of para-hydroxylation sites is 2. The van der Waals surface area contributed by atoms with Crippen LogP contribution < -0.4 is 9.64 Å². The monoisotopic (exact) mass is 325 g/mol. The van der Waals surface area contributed by atoms with E-state index in [4.69, 9.17) is 9.47 Å². The predicted molar refractivity (Wildman–Crippen MR) is 90.0 cm³/mol. The van der Waals surface area contributed by atoms with Crippen molar-refractivity contribution in [2.24, 2.45) is 0 Å². The smallest absolute Gasteiger partial charge is 0.348 e. The second kappa shape index (κ2) is 7.17. The zero-order chi connectivity index (χ0) is 16.9. The SMILES string of the molecule is COC(=O)[C@H]1CN(C(=O)CCc2ccccc2)c2ccccc2O1. The topological polar surface area (TPSA) is 55.8 Å². The Kier molecular flexibility index (Phi) is 4.79. The molecule has 0 saturated carbocycles. The number of carbonyl (C=O) groups is 2. The van der Waals surface area contributed by atoms with E-state index < -0.39 is 12.1 Å². The summed E-state index contributed by atoms with van der Waals surface area (Å²) in [5.74, 6) is 0.001000. The van der Waals surface area contributed by atoms with E-state index in [2.05, 4.69) is 0 Å². The number of fused-ring (bicyclic) bond motifs is 1. The summed E-state index contributed by atoms with van der Waals surface area (Å²) in [6.45, 7) is 0.164. The van der Waals surface area contributed by atoms with Crippen molar-refractivity contribution in [1.29, 1.82) is 0 Å². The van der Waals surface area contributed by atoms with Gasteiger partial charge >= 0.3 is 5.97 Å². The van der Waals surface area contributed by atoms with Gasteiger partial charge in [0.25, 0.3) is 0 Å². The zero-order valence-corrected chi connectivity index (χ0v) is 13.5. The summed E-state index contributed by atoms with van der Waals surface area (Å²) in [4.78, 5) is 26.2. The Morgan fingerprint density at radius 3 is 2.58 bits per heavy atom. The number of carbonyl (C=O) groups excluding carboxylic acids is 2. The largest absolute Gasteiger partial charge is 0.475 e. The highest BCUT2D eigenvalue weighted by Gasteiger charge is 2.34. The van der Waals surface area contributed by atoms with Gasteiger partial charge in [-0.15, -0.1) is 0 Å². The van der Waals surface area contributed by atoms with E-state index in [1.165, 1.54) is 7.11 Å². The van der Waals surface area contributed by atoms with Crippen molar-refractivity contribution in [2.45, 2.75) is 18.9 Å². The summed E-state index contributed by atoms with van der Waals surface area (Å²) in [6.07, 6.45) is 0.222. The Balaban J connectivity index is 1.77. The van der Waals surface area contributed by atoms with Crippen LogP contribution in [-0.2, 0) is 20.7 Å². The van der Waals surface area contributed by atoms with Crippen LogP contribution in [0.1, 0.15) is 12.0 Å². The van der Waals surface area contributed by atoms with Crippen LogP contribution in [0.4, 0.5) is 5.69 Å². The summed E-state index contributed by atoms with van der Waals surface area (Å²) < 4.78 is 10.4. The molecule has 2 aromatic carbocycles. The lowest BCUT2D eigenvalue weighted by atomic mass is 10.1. The molecule has 0 spiro atoms. The van der Waals surface area contributed by atoms with Gasteiger partial charge in [0.05, 0.1) is 19.3 Å². The van der Waals surface area contributed by atoms with E-state index in [9.17, 15) is 9.59 Å². The maximum absolute atomic E-state index is 12.7. The first-order valence-electron chi connectivity index (χ1n) is 7.87. The first-order valence-corrected chi connectivity index (χ1v) is 7.87. The van der Waals surface area contributed by atoms with Gasteiger partial charge in [-0.25, -0.2) is 4.79 Å². The number of ether oxygens (including phenoxy) is 2. The van der Waals surface area contributed by atoms with Gasteiger partial charge in [0.1, 0.15) is 5.75 Å². The van der Waals surface area contributed by atoms with Gasteiger partial charge in [0, 0.05) is 6.42 Å². The molecule has 3 rings (SSSR count). The molecular formula is C19H19NO4. The maximum atomic E-state index is 12.7. The first-order chi connectivity index (χ1) is 11.7. The van der Waals surface area contributed by atoms with E-state index in [1.54, 1.807) is 11.0 Å². The predicted octanol–water partition coefficient (Wildman–Crippen LogP) is 2.59. The van der Waals surface area contributed by atoms with Crippen molar-refractivity contribution in [2.75, 3.05) is 18.6 Å². The molecule has 0 aromatic heterocycles. The van der Waals surface area contributed by atoms with E-state index in [0.29, 0.717) is 24.3 Å². The van der Waals surface area contributed by atoms with Crippen molar-refractivity contribution >= 4 is 17.6 Å². The van der Waals surface area contributed by atoms with Crippen molar-refractivity contribution < 1.29 is 19.1 Å². The molecule has 0 radical (unpaired) electrons. The molecule has 24 heavy (non-hydrogen) atoms. The molecule has 1 aliphatic rings. The number of aryl methyl sites for hydroxylation is 1. The average molecular weight is 325 g/mol. The number of anilines is 1. The third kappa shape index (κ3) is 3.40. The number of hydrogen-bond donors (Lipinski definition) is 0. The Hall–Kier alpha value is -2.82. The van der Waals surface area contributed by atoms with Gasteiger partial charge in [-0.1, -0.05) is 42.5 Å². The molecule has 2 aromatic rings. The first kappa shape index (κ1) is 16.1. The van der Waals surface area contributed by atoms with Crippen LogP contribution in [-0.4, -0.2) is 31.6 Å². The zero-order valence-electron chi connectivity index (χ0n) is 13.5. The third-order valence-electron chi connectivity index (χ3n) is 4.01. The van der Waals surface area contributed by atoms with Crippen LogP contribution in [0.5, 0.6) is 5.75 Å². The van der Waals surface area contributed by atoms with Crippen molar-refractivity contribution in [1.82, 2.24) is 0 Å². The molecule has 0 N–H and O–H groups in total. The van der Waals surface area contributed by atoms with Gasteiger partial charge in [-0.05, 0) is 24.1 Å². The lowest BCUT2D eigenvalue weighted by Crippen LogP contribution is -2.47. The van der Waals surface area contributed by atoms with Crippen LogP contribution in [0.15, 0.2) is 54.6 Å². The van der Waals surface area contributed by atoms with Crippen molar-refractivity contribution in [3.8, 4) is 5.75 Å². The maximum Gasteiger partial charge on any atom is 0.348 e. The van der Waals surface area contributed by atoms with E-state index in [-0.39, 0.29) is 12.5 Å². The van der Waals surface area contributed by atoms with Crippen molar-refractivity contribution in [3.63, 3.8) is 0 Å². The molecular weight excluding hydrogens is 306 g/mol. The average Bonchev–Trinajstić information content (AvgIpc) is 2.65. The minimum Gasteiger partial charge on any atom is -0.475 e. The van der Waals surface area contributed by atoms with Gasteiger partial charge < -0.3 is 14.4 Å². The fraction of sp³-hybridized carbons (Fsp3) is 0.263. The lowest BCUT2D eigenvalue weighted by molar-refractivity contribution is -0.148. The summed E-state index contributed by atoms with van der Waals surface area (Å²) in [6, 6.07) is 17.1. The number of benzene rings is 2. The Bertz CT molecular complexity index is 729. The van der Waals surface area contributed by atoms with Gasteiger partial charge in [-0.3, -0.25) is 4.79 Å². The Labute approximate surface area is 140 Å². The lowest BCUT2D eigenvalue weighted by Gasteiger charge is -2.33. The van der Waals surface area contributed by atoms with Crippen LogP contribution in [0, 0.1) is 0 Å². The molecule has 1 heterocycles. The highest BCUT2D eigenvalue weighted by atomic mass is 16.6. The number of methoxy groups -OCH3 is 1. The molecule has 0 aliphatic carbocycles. The summed E-state index contributed by atoms with van der Waals surface area (Å²) in [5.41, 5.74) is 1.80. The molecule has 1 aliphatic heterocycles. The van der Waals surface area contributed by atoms with Crippen LogP contribution >= 0.6 is 0 Å². The van der Waals surface area contributed by atoms with E-state index >= 15 is 0 Å². The minimum absolute atomic E-state index is 0.0384. The summed E-state index contributed by atoms with van der Waals surface area (Å²) >= 11 is 0. The third-order valence-corrected chi connectivity index (χ3v) is 4.01. The number of esters is 1. The fourth-order valence-electron chi connectivity index (χ4n) is 2.76. The molecule has 5 heteroatoms. The summed E-state index contributed by atoms with van der Waals surface area (Å²) in [5, 5.41) is 0. The van der Waals surface area contributed by atoms with E-state index in [1.807, 2.05) is 48.5 Å². The van der Waals surface area contributed by atoms with Crippen LogP contribution in [0.3, 0.4) is 0 Å². The quantitative estimate of drug-likeness (QED) is 0.811. The highest BCUT2D eigenvalue weighted by molar-refractivity contribution is 5.96. The molecule has 1 amide bonds. The number of amides is 1.